The number of rotatable bonds is 10. The smallest absolute Gasteiger partial charge is 0.124 e. The molecule has 1 unspecified atom stereocenters. The van der Waals surface area contributed by atoms with Crippen molar-refractivity contribution < 1.29 is 9.84 Å². The lowest BCUT2D eigenvalue weighted by Gasteiger charge is -2.13. The zero-order valence-corrected chi connectivity index (χ0v) is 15.8. The Morgan fingerprint density at radius 3 is 2.40 bits per heavy atom. The second-order valence-electron chi connectivity index (χ2n) is 5.90. The van der Waals surface area contributed by atoms with Gasteiger partial charge in [-0.05, 0) is 42.8 Å². The quantitative estimate of drug-likeness (QED) is 0.549. The van der Waals surface area contributed by atoms with E-state index in [1.54, 1.807) is 6.92 Å². The van der Waals surface area contributed by atoms with Gasteiger partial charge in [-0.25, -0.2) is 0 Å². The molecule has 136 valence electrons. The van der Waals surface area contributed by atoms with Gasteiger partial charge < -0.3 is 20.5 Å². The van der Waals surface area contributed by atoms with Crippen LogP contribution in [0.1, 0.15) is 18.1 Å². The summed E-state index contributed by atoms with van der Waals surface area (Å²) in [7, 11) is 0. The highest BCUT2D eigenvalue weighted by Crippen LogP contribution is 2.24. The van der Waals surface area contributed by atoms with E-state index in [1.165, 1.54) is 0 Å². The van der Waals surface area contributed by atoms with Crippen molar-refractivity contribution in [3.63, 3.8) is 0 Å². The zero-order valence-electron chi connectivity index (χ0n) is 14.3. The maximum Gasteiger partial charge on any atom is 0.124 e. The molecule has 0 saturated heterocycles. The summed E-state index contributed by atoms with van der Waals surface area (Å²) in [6.45, 7) is 5.06. The highest BCUT2D eigenvalue weighted by atomic mass is 35.5. The van der Waals surface area contributed by atoms with Gasteiger partial charge in [0, 0.05) is 41.8 Å². The molecule has 3 N–H and O–H groups in total. The van der Waals surface area contributed by atoms with Crippen molar-refractivity contribution in [3.8, 4) is 5.75 Å². The molecule has 0 aliphatic heterocycles. The number of halogens is 2. The topological polar surface area (TPSA) is 53.5 Å². The first-order valence-corrected chi connectivity index (χ1v) is 9.05. The number of hydrogen-bond acceptors (Lipinski definition) is 4. The third-order valence-corrected chi connectivity index (χ3v) is 4.05. The Kier molecular flexibility index (Phi) is 8.52. The van der Waals surface area contributed by atoms with Crippen LogP contribution in [0, 0.1) is 0 Å². The molecule has 4 nitrogen and oxygen atoms in total. The Bertz CT molecular complexity index is 648. The lowest BCUT2D eigenvalue weighted by molar-refractivity contribution is 0.191. The Balaban J connectivity index is 1.85. The predicted octanol–water partition coefficient (Wildman–Crippen LogP) is 3.63. The van der Waals surface area contributed by atoms with E-state index in [-0.39, 0.29) is 6.10 Å². The van der Waals surface area contributed by atoms with E-state index in [2.05, 4.69) is 10.6 Å². The highest BCUT2D eigenvalue weighted by Gasteiger charge is 2.06. The van der Waals surface area contributed by atoms with Crippen LogP contribution in [0.4, 0.5) is 0 Å². The van der Waals surface area contributed by atoms with Gasteiger partial charge in [0.15, 0.2) is 0 Å². The maximum absolute atomic E-state index is 9.20. The van der Waals surface area contributed by atoms with Gasteiger partial charge in [0.1, 0.15) is 12.4 Å². The van der Waals surface area contributed by atoms with Crippen molar-refractivity contribution in [2.45, 2.75) is 26.2 Å². The lowest BCUT2D eigenvalue weighted by atomic mass is 10.2. The maximum atomic E-state index is 9.20. The fourth-order valence-electron chi connectivity index (χ4n) is 2.28. The van der Waals surface area contributed by atoms with Gasteiger partial charge >= 0.3 is 0 Å². The molecule has 2 aromatic carbocycles. The Morgan fingerprint density at radius 2 is 1.68 bits per heavy atom. The third-order valence-electron chi connectivity index (χ3n) is 3.56. The molecule has 1 atom stereocenters. The molecule has 0 bridgehead atoms. The van der Waals surface area contributed by atoms with Crippen LogP contribution in [0.5, 0.6) is 5.75 Å². The Morgan fingerprint density at radius 1 is 1.00 bits per heavy atom. The fraction of sp³-hybridized carbons (Fsp3) is 0.368. The second kappa shape index (κ2) is 10.6. The first kappa shape index (κ1) is 20.0. The van der Waals surface area contributed by atoms with Gasteiger partial charge in [0.2, 0.25) is 0 Å². The molecule has 0 amide bonds. The summed E-state index contributed by atoms with van der Waals surface area (Å²) in [5, 5.41) is 17.1. The van der Waals surface area contributed by atoms with Crippen LogP contribution < -0.4 is 15.4 Å². The molecule has 25 heavy (non-hydrogen) atoms. The van der Waals surface area contributed by atoms with Gasteiger partial charge in [0.25, 0.3) is 0 Å². The number of hydrogen-bond donors (Lipinski definition) is 3. The zero-order chi connectivity index (χ0) is 18.1. The summed E-state index contributed by atoms with van der Waals surface area (Å²) >= 11 is 12.0. The van der Waals surface area contributed by atoms with Crippen molar-refractivity contribution in [2.75, 3.05) is 19.6 Å². The summed E-state index contributed by atoms with van der Waals surface area (Å²) in [6, 6.07) is 13.2. The molecule has 0 spiro atoms. The SMILES string of the molecule is CC(O)CNCCNCc1cc(Cl)ccc1OCc1ccc(Cl)cc1. The first-order chi connectivity index (χ1) is 12.0. The number of benzene rings is 2. The Hall–Kier alpha value is -1.30. The van der Waals surface area contributed by atoms with Crippen LogP contribution >= 0.6 is 23.2 Å². The summed E-state index contributed by atoms with van der Waals surface area (Å²) in [5.74, 6) is 0.809. The fourth-order valence-corrected chi connectivity index (χ4v) is 2.60. The number of aliphatic hydroxyl groups excluding tert-OH is 1. The molecule has 0 radical (unpaired) electrons. The van der Waals surface area contributed by atoms with Crippen LogP contribution in [0.15, 0.2) is 42.5 Å². The van der Waals surface area contributed by atoms with E-state index in [4.69, 9.17) is 27.9 Å². The van der Waals surface area contributed by atoms with Gasteiger partial charge in [-0.3, -0.25) is 0 Å². The molecule has 0 fully saturated rings. The molecule has 0 aliphatic carbocycles. The minimum Gasteiger partial charge on any atom is -0.489 e. The largest absolute Gasteiger partial charge is 0.489 e. The van der Waals surface area contributed by atoms with Gasteiger partial charge in [-0.15, -0.1) is 0 Å². The molecular formula is C19H24Cl2N2O2. The summed E-state index contributed by atoms with van der Waals surface area (Å²) < 4.78 is 5.94. The van der Waals surface area contributed by atoms with Crippen molar-refractivity contribution in [3.05, 3.63) is 63.6 Å². The first-order valence-electron chi connectivity index (χ1n) is 8.30. The third kappa shape index (κ3) is 7.63. The van der Waals surface area contributed by atoms with E-state index < -0.39 is 0 Å². The van der Waals surface area contributed by atoms with Crippen molar-refractivity contribution >= 4 is 23.2 Å². The van der Waals surface area contributed by atoms with E-state index >= 15 is 0 Å². The molecule has 0 aliphatic rings. The van der Waals surface area contributed by atoms with E-state index in [9.17, 15) is 5.11 Å². The predicted molar refractivity (Wildman–Crippen MR) is 103 cm³/mol. The Labute approximate surface area is 159 Å². The van der Waals surface area contributed by atoms with Crippen LogP contribution in [-0.4, -0.2) is 30.8 Å². The normalized spacial score (nSPS) is 12.2. The molecule has 0 saturated carbocycles. The van der Waals surface area contributed by atoms with Gasteiger partial charge in [-0.1, -0.05) is 35.3 Å². The molecule has 2 aromatic rings. The second-order valence-corrected chi connectivity index (χ2v) is 6.77. The van der Waals surface area contributed by atoms with Gasteiger partial charge in [0.05, 0.1) is 6.10 Å². The van der Waals surface area contributed by atoms with Gasteiger partial charge in [-0.2, -0.15) is 0 Å². The van der Waals surface area contributed by atoms with Crippen LogP contribution in [0.25, 0.3) is 0 Å². The summed E-state index contributed by atoms with van der Waals surface area (Å²) in [6.07, 6.45) is -0.333. The van der Waals surface area contributed by atoms with Crippen LogP contribution in [-0.2, 0) is 13.2 Å². The molecule has 0 aromatic heterocycles. The monoisotopic (exact) mass is 382 g/mol. The van der Waals surface area contributed by atoms with Crippen molar-refractivity contribution in [1.82, 2.24) is 10.6 Å². The molecule has 6 heteroatoms. The van der Waals surface area contributed by atoms with E-state index in [1.807, 2.05) is 42.5 Å². The van der Waals surface area contributed by atoms with Crippen molar-refractivity contribution in [1.29, 1.82) is 0 Å². The molecule has 2 rings (SSSR count). The van der Waals surface area contributed by atoms with E-state index in [0.29, 0.717) is 29.7 Å². The average Bonchev–Trinajstić information content (AvgIpc) is 2.58. The number of nitrogens with one attached hydrogen (secondary N) is 2. The number of ether oxygens (including phenoxy) is 1. The van der Waals surface area contributed by atoms with Crippen LogP contribution in [0.2, 0.25) is 10.0 Å². The standard InChI is InChI=1S/C19H24Cl2N2O2/c1-14(24)11-22-8-9-23-12-16-10-18(21)6-7-19(16)25-13-15-2-4-17(20)5-3-15/h2-7,10,14,22-24H,8-9,11-13H2,1H3. The molecular weight excluding hydrogens is 359 g/mol. The highest BCUT2D eigenvalue weighted by molar-refractivity contribution is 6.30. The summed E-state index contributed by atoms with van der Waals surface area (Å²) in [4.78, 5) is 0. The minimum atomic E-state index is -0.333. The summed E-state index contributed by atoms with van der Waals surface area (Å²) in [5.41, 5.74) is 2.07. The van der Waals surface area contributed by atoms with Crippen molar-refractivity contribution in [2.24, 2.45) is 0 Å². The average molecular weight is 383 g/mol. The molecule has 0 heterocycles. The lowest BCUT2D eigenvalue weighted by Crippen LogP contribution is -2.31. The van der Waals surface area contributed by atoms with Crippen LogP contribution in [0.3, 0.4) is 0 Å². The minimum absolute atomic E-state index is 0.333. The van der Waals surface area contributed by atoms with E-state index in [0.717, 1.165) is 30.0 Å². The number of aliphatic hydroxyl groups is 1.